The number of carbonyl (C=O) groups excluding carboxylic acids is 1. The first kappa shape index (κ1) is 17.4. The standard InChI is InChI=1S/C13H17FN2O6S/c14-23(20,21)9-5-11(15-6-9)12(17)16-7-10(13(18)19)8-1-3-22-4-2-8/h5-6,8,10,15H,1-4,7H2,(H,16,17)(H,18,19). The van der Waals surface area contributed by atoms with E-state index in [1.807, 2.05) is 0 Å². The van der Waals surface area contributed by atoms with E-state index in [9.17, 15) is 27.0 Å². The maximum Gasteiger partial charge on any atom is 0.333 e. The van der Waals surface area contributed by atoms with Gasteiger partial charge in [-0.2, -0.15) is 8.42 Å². The van der Waals surface area contributed by atoms with E-state index in [1.54, 1.807) is 0 Å². The number of carbonyl (C=O) groups is 2. The average Bonchev–Trinajstić information content (AvgIpc) is 2.98. The van der Waals surface area contributed by atoms with Crippen LogP contribution in [0.3, 0.4) is 0 Å². The summed E-state index contributed by atoms with van der Waals surface area (Å²) in [5.74, 6) is -2.58. The highest BCUT2D eigenvalue weighted by molar-refractivity contribution is 7.86. The first-order chi connectivity index (χ1) is 10.8. The Morgan fingerprint density at radius 3 is 2.61 bits per heavy atom. The van der Waals surface area contributed by atoms with Crippen LogP contribution in [0.5, 0.6) is 0 Å². The van der Waals surface area contributed by atoms with Crippen LogP contribution in [-0.2, 0) is 19.8 Å². The minimum absolute atomic E-state index is 0.102. The van der Waals surface area contributed by atoms with Gasteiger partial charge in [0.1, 0.15) is 10.6 Å². The van der Waals surface area contributed by atoms with E-state index in [0.29, 0.717) is 26.1 Å². The Labute approximate surface area is 132 Å². The van der Waals surface area contributed by atoms with E-state index >= 15 is 0 Å². The molecular weight excluding hydrogens is 331 g/mol. The minimum Gasteiger partial charge on any atom is -0.481 e. The number of hydrogen-bond acceptors (Lipinski definition) is 5. The second-order valence-electron chi connectivity index (χ2n) is 5.29. The molecule has 2 heterocycles. The molecule has 0 spiro atoms. The number of H-pyrrole nitrogens is 1. The zero-order valence-electron chi connectivity index (χ0n) is 12.1. The molecule has 1 amide bonds. The first-order valence-corrected chi connectivity index (χ1v) is 8.39. The van der Waals surface area contributed by atoms with Gasteiger partial charge in [-0.25, -0.2) is 0 Å². The molecule has 0 radical (unpaired) electrons. The van der Waals surface area contributed by atoms with Crippen LogP contribution in [0, 0.1) is 11.8 Å². The normalized spacial score (nSPS) is 17.6. The fourth-order valence-electron chi connectivity index (χ4n) is 2.52. The van der Waals surface area contributed by atoms with Crippen LogP contribution in [0.25, 0.3) is 0 Å². The second kappa shape index (κ2) is 7.09. The van der Waals surface area contributed by atoms with Crippen molar-refractivity contribution in [2.45, 2.75) is 17.7 Å². The number of aromatic amines is 1. The Balaban J connectivity index is 1.98. The van der Waals surface area contributed by atoms with Gasteiger partial charge < -0.3 is 20.1 Å². The molecule has 0 aliphatic carbocycles. The lowest BCUT2D eigenvalue weighted by Crippen LogP contribution is -2.39. The van der Waals surface area contributed by atoms with E-state index in [1.165, 1.54) is 0 Å². The lowest BCUT2D eigenvalue weighted by Gasteiger charge is -2.27. The van der Waals surface area contributed by atoms with E-state index in [2.05, 4.69) is 10.3 Å². The number of halogens is 1. The van der Waals surface area contributed by atoms with Crippen LogP contribution in [0.1, 0.15) is 23.3 Å². The summed E-state index contributed by atoms with van der Waals surface area (Å²) < 4.78 is 39.4. The molecular formula is C13H17FN2O6S. The number of carboxylic acids is 1. The third-order valence-corrected chi connectivity index (χ3v) is 4.62. The molecule has 0 saturated carbocycles. The Kier molecular flexibility index (Phi) is 5.37. The number of amides is 1. The summed E-state index contributed by atoms with van der Waals surface area (Å²) in [7, 11) is -4.90. The molecule has 1 fully saturated rings. The second-order valence-corrected chi connectivity index (χ2v) is 6.64. The number of ether oxygens (including phenoxy) is 1. The van der Waals surface area contributed by atoms with Crippen LogP contribution < -0.4 is 5.32 Å². The van der Waals surface area contributed by atoms with Gasteiger partial charge in [0.15, 0.2) is 0 Å². The number of rotatable bonds is 6. The highest BCUT2D eigenvalue weighted by Gasteiger charge is 2.30. The topological polar surface area (TPSA) is 126 Å². The van der Waals surface area contributed by atoms with Crippen LogP contribution in [0.15, 0.2) is 17.2 Å². The summed E-state index contributed by atoms with van der Waals surface area (Å²) in [5, 5.41) is 11.7. The summed E-state index contributed by atoms with van der Waals surface area (Å²) in [5.41, 5.74) is -0.155. The van der Waals surface area contributed by atoms with Gasteiger partial charge in [-0.3, -0.25) is 9.59 Å². The summed E-state index contributed by atoms with van der Waals surface area (Å²) in [6, 6.07) is 0.856. The summed E-state index contributed by atoms with van der Waals surface area (Å²) in [6.07, 6.45) is 2.05. The predicted molar refractivity (Wildman–Crippen MR) is 76.1 cm³/mol. The molecule has 8 nitrogen and oxygen atoms in total. The van der Waals surface area contributed by atoms with Gasteiger partial charge in [0.05, 0.1) is 5.92 Å². The molecule has 1 atom stereocenters. The van der Waals surface area contributed by atoms with Gasteiger partial charge in [0.2, 0.25) is 0 Å². The van der Waals surface area contributed by atoms with Crippen molar-refractivity contribution >= 4 is 22.1 Å². The Hall–Kier alpha value is -1.94. The largest absolute Gasteiger partial charge is 0.481 e. The third-order valence-electron chi connectivity index (χ3n) is 3.82. The van der Waals surface area contributed by atoms with E-state index < -0.39 is 32.9 Å². The summed E-state index contributed by atoms with van der Waals surface area (Å²) in [4.78, 5) is 25.0. The minimum atomic E-state index is -4.90. The number of aliphatic carboxylic acids is 1. The zero-order valence-corrected chi connectivity index (χ0v) is 12.9. The lowest BCUT2D eigenvalue weighted by molar-refractivity contribution is -0.144. The van der Waals surface area contributed by atoms with Gasteiger partial charge >= 0.3 is 16.2 Å². The van der Waals surface area contributed by atoms with Crippen molar-refractivity contribution in [1.29, 1.82) is 0 Å². The molecule has 10 heteroatoms. The van der Waals surface area contributed by atoms with Crippen LogP contribution in [-0.4, -0.2) is 50.1 Å². The quantitative estimate of drug-likeness (QED) is 0.644. The molecule has 0 aromatic carbocycles. The van der Waals surface area contributed by atoms with Crippen molar-refractivity contribution < 1.29 is 31.7 Å². The van der Waals surface area contributed by atoms with Gasteiger partial charge in [-0.05, 0) is 24.8 Å². The molecule has 2 rings (SSSR count). The fraction of sp³-hybridized carbons (Fsp3) is 0.538. The molecule has 1 aliphatic heterocycles. The zero-order chi connectivity index (χ0) is 17.0. The summed E-state index contributed by atoms with van der Waals surface area (Å²) >= 11 is 0. The van der Waals surface area contributed by atoms with Crippen molar-refractivity contribution in [3.8, 4) is 0 Å². The first-order valence-electron chi connectivity index (χ1n) is 7.01. The van der Waals surface area contributed by atoms with Crippen LogP contribution in [0.4, 0.5) is 3.89 Å². The fourth-order valence-corrected chi connectivity index (χ4v) is 2.98. The SMILES string of the molecule is O=C(NCC(C(=O)O)C1CCOCC1)c1cc(S(=O)(=O)F)c[nH]1. The third kappa shape index (κ3) is 4.52. The van der Waals surface area contributed by atoms with E-state index in [4.69, 9.17) is 4.74 Å². The predicted octanol–water partition coefficient (Wildman–Crippen LogP) is 0.530. The number of nitrogens with one attached hydrogen (secondary N) is 2. The summed E-state index contributed by atoms with van der Waals surface area (Å²) in [6.45, 7) is 0.864. The smallest absolute Gasteiger partial charge is 0.333 e. The monoisotopic (exact) mass is 348 g/mol. The molecule has 128 valence electrons. The highest BCUT2D eigenvalue weighted by atomic mass is 32.3. The van der Waals surface area contributed by atoms with Crippen molar-refractivity contribution in [2.75, 3.05) is 19.8 Å². The Morgan fingerprint density at radius 2 is 2.09 bits per heavy atom. The van der Waals surface area contributed by atoms with Crippen molar-refractivity contribution in [1.82, 2.24) is 10.3 Å². The van der Waals surface area contributed by atoms with E-state index in [0.717, 1.165) is 12.3 Å². The van der Waals surface area contributed by atoms with Crippen LogP contribution in [0.2, 0.25) is 0 Å². The lowest BCUT2D eigenvalue weighted by atomic mass is 9.86. The molecule has 23 heavy (non-hydrogen) atoms. The molecule has 1 saturated heterocycles. The van der Waals surface area contributed by atoms with E-state index in [-0.39, 0.29) is 18.2 Å². The van der Waals surface area contributed by atoms with Crippen molar-refractivity contribution in [3.05, 3.63) is 18.0 Å². The Morgan fingerprint density at radius 1 is 1.43 bits per heavy atom. The van der Waals surface area contributed by atoms with Gasteiger partial charge in [-0.15, -0.1) is 3.89 Å². The maximum absolute atomic E-state index is 12.8. The van der Waals surface area contributed by atoms with Crippen LogP contribution >= 0.6 is 0 Å². The molecule has 1 aromatic rings. The Bertz CT molecular complexity index is 680. The number of carboxylic acid groups (broad SMARTS) is 1. The molecule has 3 N–H and O–H groups in total. The van der Waals surface area contributed by atoms with Gasteiger partial charge in [-0.1, -0.05) is 0 Å². The van der Waals surface area contributed by atoms with Crippen molar-refractivity contribution in [3.63, 3.8) is 0 Å². The molecule has 0 bridgehead atoms. The van der Waals surface area contributed by atoms with Crippen molar-refractivity contribution in [2.24, 2.45) is 11.8 Å². The molecule has 1 aromatic heterocycles. The molecule has 1 aliphatic rings. The molecule has 1 unspecified atom stereocenters. The number of hydrogen-bond donors (Lipinski definition) is 3. The highest BCUT2D eigenvalue weighted by Crippen LogP contribution is 2.24. The van der Waals surface area contributed by atoms with Gasteiger partial charge in [0.25, 0.3) is 5.91 Å². The maximum atomic E-state index is 12.8. The number of aromatic nitrogens is 1. The van der Waals surface area contributed by atoms with Gasteiger partial charge in [0, 0.05) is 26.0 Å². The average molecular weight is 348 g/mol.